The fraction of sp³-hybridized carbons (Fsp3) is 0.556. The fourth-order valence-electron chi connectivity index (χ4n) is 1.97. The van der Waals surface area contributed by atoms with Gasteiger partial charge in [-0.3, -0.25) is 18.9 Å². The molecule has 0 aromatic carbocycles. The van der Waals surface area contributed by atoms with Crippen LogP contribution in [0.4, 0.5) is 0 Å². The van der Waals surface area contributed by atoms with Crippen LogP contribution in [0, 0.1) is 0 Å². The first-order chi connectivity index (χ1) is 9.19. The van der Waals surface area contributed by atoms with Crippen molar-refractivity contribution in [2.24, 2.45) is 0 Å². The van der Waals surface area contributed by atoms with Crippen molar-refractivity contribution in [3.8, 4) is 0 Å². The van der Waals surface area contributed by atoms with E-state index in [9.17, 15) is 24.4 Å². The van der Waals surface area contributed by atoms with Gasteiger partial charge in [0.05, 0.1) is 6.16 Å². The summed E-state index contributed by atoms with van der Waals surface area (Å²) in [6, 6.07) is 1.01. The number of hydrogen-bond donors (Lipinski definition) is 5. The van der Waals surface area contributed by atoms with Crippen LogP contribution in [0.3, 0.4) is 0 Å². The molecule has 2 heterocycles. The smallest absolute Gasteiger partial charge is 0.330 e. The van der Waals surface area contributed by atoms with Gasteiger partial charge in [-0.05, 0) is 0 Å². The number of aromatic nitrogens is 2. The third-order valence-corrected chi connectivity index (χ3v) is 3.72. The Morgan fingerprint density at radius 3 is 2.50 bits per heavy atom. The molecule has 1 saturated heterocycles. The quantitative estimate of drug-likeness (QED) is 0.378. The van der Waals surface area contributed by atoms with Crippen molar-refractivity contribution in [2.45, 2.75) is 24.5 Å². The van der Waals surface area contributed by atoms with Crippen molar-refractivity contribution in [1.29, 1.82) is 0 Å². The largest absolute Gasteiger partial charge is 0.387 e. The van der Waals surface area contributed by atoms with Crippen LogP contribution in [0.1, 0.15) is 6.23 Å². The Hall–Kier alpha value is -1.29. The maximum absolute atomic E-state index is 11.6. The van der Waals surface area contributed by atoms with Gasteiger partial charge in [-0.15, -0.1) is 0 Å². The average molecular weight is 308 g/mol. The number of aromatic amines is 1. The van der Waals surface area contributed by atoms with E-state index in [-0.39, 0.29) is 0 Å². The van der Waals surface area contributed by atoms with Crippen LogP contribution in [0.5, 0.6) is 0 Å². The van der Waals surface area contributed by atoms with Gasteiger partial charge in [-0.25, -0.2) is 4.79 Å². The van der Waals surface area contributed by atoms with Gasteiger partial charge in [0.2, 0.25) is 0 Å². The fourth-order valence-corrected chi connectivity index (χ4v) is 2.74. The third kappa shape index (κ3) is 3.06. The van der Waals surface area contributed by atoms with Crippen molar-refractivity contribution in [1.82, 2.24) is 9.55 Å². The Balaban J connectivity index is 2.28. The molecule has 1 aliphatic rings. The van der Waals surface area contributed by atoms with Crippen LogP contribution in [0.2, 0.25) is 0 Å². The van der Waals surface area contributed by atoms with E-state index in [2.05, 4.69) is 0 Å². The first-order valence-corrected chi connectivity index (χ1v) is 7.36. The zero-order valence-electron chi connectivity index (χ0n) is 9.99. The topological polar surface area (TPSA) is 162 Å². The second kappa shape index (κ2) is 5.24. The summed E-state index contributed by atoms with van der Waals surface area (Å²) in [6.07, 6.45) is -5.52. The predicted molar refractivity (Wildman–Crippen MR) is 64.2 cm³/mol. The lowest BCUT2D eigenvalue weighted by atomic mass is 10.1. The van der Waals surface area contributed by atoms with E-state index in [0.29, 0.717) is 0 Å². The standard InChI is InChI=1S/C9H13N2O8P/c12-5-1-2-11(9(15)10-5)8-7(14)6(13)4(19-8)3-20(16,17)18/h1-2,4,6-8,13-14H,3H2,(H,10,12,15)(H2,16,17,18)/t4-,6-,7-,8?/m1/s1. The second-order valence-electron chi connectivity index (χ2n) is 4.41. The van der Waals surface area contributed by atoms with Gasteiger partial charge in [-0.1, -0.05) is 0 Å². The highest BCUT2D eigenvalue weighted by Gasteiger charge is 2.46. The van der Waals surface area contributed by atoms with Gasteiger partial charge >= 0.3 is 13.3 Å². The Bertz CT molecular complexity index is 648. The maximum Gasteiger partial charge on any atom is 0.330 e. The lowest BCUT2D eigenvalue weighted by Gasteiger charge is -2.16. The number of H-pyrrole nitrogens is 1. The van der Waals surface area contributed by atoms with Crippen LogP contribution in [-0.4, -0.2) is 54.0 Å². The van der Waals surface area contributed by atoms with Gasteiger partial charge in [0.25, 0.3) is 5.56 Å². The van der Waals surface area contributed by atoms with E-state index in [4.69, 9.17) is 14.5 Å². The highest BCUT2D eigenvalue weighted by Crippen LogP contribution is 2.40. The minimum Gasteiger partial charge on any atom is -0.387 e. The van der Waals surface area contributed by atoms with Crippen molar-refractivity contribution < 1.29 is 29.3 Å². The van der Waals surface area contributed by atoms with Crippen molar-refractivity contribution >= 4 is 7.60 Å². The zero-order chi connectivity index (χ0) is 15.1. The second-order valence-corrected chi connectivity index (χ2v) is 6.11. The van der Waals surface area contributed by atoms with Crippen LogP contribution in [0.15, 0.2) is 21.9 Å². The van der Waals surface area contributed by atoms with Gasteiger partial charge in [0, 0.05) is 12.3 Å². The molecule has 1 aromatic rings. The van der Waals surface area contributed by atoms with Gasteiger partial charge in [0.15, 0.2) is 6.23 Å². The van der Waals surface area contributed by atoms with Crippen LogP contribution >= 0.6 is 7.60 Å². The minimum atomic E-state index is -4.46. The highest BCUT2D eigenvalue weighted by molar-refractivity contribution is 7.51. The summed E-state index contributed by atoms with van der Waals surface area (Å²) in [5.74, 6) is 0. The molecule has 0 saturated carbocycles. The molecule has 5 N–H and O–H groups in total. The summed E-state index contributed by atoms with van der Waals surface area (Å²) >= 11 is 0. The Morgan fingerprint density at radius 1 is 1.30 bits per heavy atom. The molecular weight excluding hydrogens is 295 g/mol. The Morgan fingerprint density at radius 2 is 1.95 bits per heavy atom. The van der Waals surface area contributed by atoms with Crippen LogP contribution in [-0.2, 0) is 9.30 Å². The lowest BCUT2D eigenvalue weighted by molar-refractivity contribution is -0.0351. The zero-order valence-corrected chi connectivity index (χ0v) is 10.9. The Labute approximate surface area is 111 Å². The molecule has 0 spiro atoms. The summed E-state index contributed by atoms with van der Waals surface area (Å²) in [5.41, 5.74) is -1.52. The molecule has 1 aromatic heterocycles. The number of ether oxygens (including phenoxy) is 1. The summed E-state index contributed by atoms with van der Waals surface area (Å²) in [7, 11) is -4.46. The predicted octanol–water partition coefficient (Wildman–Crippen LogP) is -2.67. The van der Waals surface area contributed by atoms with E-state index in [0.717, 1.165) is 16.8 Å². The van der Waals surface area contributed by atoms with E-state index in [1.165, 1.54) is 0 Å². The van der Waals surface area contributed by atoms with Crippen LogP contribution in [0.25, 0.3) is 0 Å². The number of rotatable bonds is 3. The summed E-state index contributed by atoms with van der Waals surface area (Å²) in [6.45, 7) is 0. The Kier molecular flexibility index (Phi) is 3.96. The number of hydrogen-bond acceptors (Lipinski definition) is 6. The summed E-state index contributed by atoms with van der Waals surface area (Å²) in [4.78, 5) is 42.1. The number of nitrogens with one attached hydrogen (secondary N) is 1. The minimum absolute atomic E-state index is 0.647. The number of aliphatic hydroxyl groups excluding tert-OH is 2. The van der Waals surface area contributed by atoms with E-state index >= 15 is 0 Å². The monoisotopic (exact) mass is 308 g/mol. The molecule has 0 amide bonds. The van der Waals surface area contributed by atoms with Gasteiger partial charge < -0.3 is 24.7 Å². The van der Waals surface area contributed by atoms with Gasteiger partial charge in [0.1, 0.15) is 18.3 Å². The van der Waals surface area contributed by atoms with E-state index in [1.54, 1.807) is 0 Å². The maximum atomic E-state index is 11.6. The van der Waals surface area contributed by atoms with E-state index in [1.807, 2.05) is 4.98 Å². The number of nitrogens with zero attached hydrogens (tertiary/aromatic N) is 1. The van der Waals surface area contributed by atoms with Gasteiger partial charge in [-0.2, -0.15) is 0 Å². The SMILES string of the molecule is O=c1ccn(C2O[C@H](CP(=O)(O)O)[C@@H](O)[C@H]2O)c(=O)[nH]1. The van der Waals surface area contributed by atoms with Crippen molar-refractivity contribution in [3.05, 3.63) is 33.1 Å². The molecule has 0 radical (unpaired) electrons. The lowest BCUT2D eigenvalue weighted by Crippen LogP contribution is -2.37. The van der Waals surface area contributed by atoms with Crippen molar-refractivity contribution in [2.75, 3.05) is 6.16 Å². The molecule has 10 nitrogen and oxygen atoms in total. The highest BCUT2D eigenvalue weighted by atomic mass is 31.2. The first kappa shape index (κ1) is 15.1. The molecule has 1 aliphatic heterocycles. The molecule has 20 heavy (non-hydrogen) atoms. The molecule has 0 aliphatic carbocycles. The van der Waals surface area contributed by atoms with E-state index < -0.39 is 49.5 Å². The molecule has 1 unspecified atom stereocenters. The molecule has 4 atom stereocenters. The van der Waals surface area contributed by atoms with Crippen molar-refractivity contribution in [3.63, 3.8) is 0 Å². The summed E-state index contributed by atoms with van der Waals surface area (Å²) in [5, 5.41) is 19.5. The third-order valence-electron chi connectivity index (χ3n) is 2.88. The number of aliphatic hydroxyl groups is 2. The summed E-state index contributed by atoms with van der Waals surface area (Å²) < 4.78 is 16.8. The first-order valence-electron chi connectivity index (χ1n) is 5.57. The molecule has 2 rings (SSSR count). The normalized spacial score (nSPS) is 30.6. The molecule has 11 heteroatoms. The molecule has 0 bridgehead atoms. The molecule has 112 valence electrons. The molecule has 1 fully saturated rings. The average Bonchev–Trinajstić information content (AvgIpc) is 2.56. The molecular formula is C9H13N2O8P. The van der Waals surface area contributed by atoms with Crippen LogP contribution < -0.4 is 11.2 Å².